The van der Waals surface area contributed by atoms with Crippen LogP contribution < -0.4 is 0 Å². The average molecular weight is 512 g/mol. The molecular weight excluding hydrogens is 492 g/mol. The smallest absolute Gasteiger partial charge is 0.322 e. The first-order valence-electron chi connectivity index (χ1n) is 11.5. The Morgan fingerprint density at radius 3 is 1.95 bits per heavy atom. The number of allylic oxidation sites excluding steroid dienone is 4. The summed E-state index contributed by atoms with van der Waals surface area (Å²) in [5, 5.41) is 53.6. The number of carbonyl (C=O) groups excluding carboxylic acids is 3. The molecule has 0 saturated carbocycles. The maximum Gasteiger partial charge on any atom is 0.322 e. The molecule has 9 heteroatoms. The van der Waals surface area contributed by atoms with Crippen LogP contribution in [0.4, 0.5) is 0 Å². The maximum atomic E-state index is 14.8. The summed E-state index contributed by atoms with van der Waals surface area (Å²) in [4.78, 5) is 41.4. The molecule has 1 spiro atoms. The number of ketones is 2. The van der Waals surface area contributed by atoms with Crippen molar-refractivity contribution in [2.24, 2.45) is 5.41 Å². The van der Waals surface area contributed by atoms with Gasteiger partial charge in [-0.3, -0.25) is 14.4 Å². The third-order valence-electron chi connectivity index (χ3n) is 8.00. The highest BCUT2D eigenvalue weighted by Crippen LogP contribution is 2.75. The summed E-state index contributed by atoms with van der Waals surface area (Å²) < 4.78 is 5.30. The van der Waals surface area contributed by atoms with Crippen LogP contribution in [0.25, 0.3) is 0 Å². The Kier molecular flexibility index (Phi) is 4.46. The normalized spacial score (nSPS) is 23.8. The zero-order valence-corrected chi connectivity index (χ0v) is 19.8. The lowest BCUT2D eigenvalue weighted by Gasteiger charge is -2.54. The van der Waals surface area contributed by atoms with Crippen molar-refractivity contribution < 1.29 is 44.7 Å². The molecule has 0 unspecified atom stereocenters. The minimum Gasteiger partial charge on any atom is -0.508 e. The second-order valence-corrected chi connectivity index (χ2v) is 9.58. The summed E-state index contributed by atoms with van der Waals surface area (Å²) in [6, 6.07) is 9.88. The van der Waals surface area contributed by atoms with E-state index in [4.69, 9.17) is 4.74 Å². The molecule has 3 aliphatic rings. The number of phenolic OH excluding ortho intramolecular Hbond substituents is 5. The SMILES string of the molecule is COC(=O)[C@]12c3cc(O)cc(O)c3[C@](c3ccc(O)cc3)(C(=O)c3cc(O)cc(O)c31)C21C=CC(=O)C=C1. The third kappa shape index (κ3) is 2.34. The minimum absolute atomic E-state index is 0.0355. The van der Waals surface area contributed by atoms with Crippen molar-refractivity contribution in [3.8, 4) is 28.7 Å². The van der Waals surface area contributed by atoms with Gasteiger partial charge in [-0.25, -0.2) is 0 Å². The first kappa shape index (κ1) is 23.4. The first-order valence-corrected chi connectivity index (χ1v) is 11.5. The minimum atomic E-state index is -2.13. The fraction of sp³-hybridized carbons (Fsp3) is 0.138. The fourth-order valence-corrected chi connectivity index (χ4v) is 6.84. The van der Waals surface area contributed by atoms with Crippen molar-refractivity contribution in [2.75, 3.05) is 7.11 Å². The van der Waals surface area contributed by atoms with E-state index in [9.17, 15) is 39.9 Å². The summed E-state index contributed by atoms with van der Waals surface area (Å²) in [6.45, 7) is 0. The van der Waals surface area contributed by atoms with Gasteiger partial charge in [0.05, 0.1) is 12.5 Å². The number of aromatic hydroxyl groups is 5. The summed E-state index contributed by atoms with van der Waals surface area (Å²) >= 11 is 0. The third-order valence-corrected chi connectivity index (χ3v) is 8.00. The number of Topliss-reactive ketones (excluding diaryl/α,β-unsaturated/α-hetero) is 1. The standard InChI is InChI=1S/C29H20O9/c1-38-26(37)29-20-11-18(33)13-22(35)24(20)28(14-2-4-15(30)5-3-14,27(29)8-6-16(31)7-9-27)25(36)19-10-17(32)12-21(34)23(19)29/h2-13,30,32-35H,1H3/t28-,29+/m1/s1. The zero-order valence-electron chi connectivity index (χ0n) is 19.8. The van der Waals surface area contributed by atoms with E-state index < -0.39 is 56.8 Å². The monoisotopic (exact) mass is 512 g/mol. The highest BCUT2D eigenvalue weighted by atomic mass is 16.5. The van der Waals surface area contributed by atoms with Crippen LogP contribution in [0.5, 0.6) is 28.7 Å². The number of ether oxygens (including phenoxy) is 1. The summed E-state index contributed by atoms with van der Waals surface area (Å²) in [5.74, 6) is -4.23. The van der Waals surface area contributed by atoms with Gasteiger partial charge in [-0.1, -0.05) is 24.3 Å². The topological polar surface area (TPSA) is 162 Å². The number of hydrogen-bond donors (Lipinski definition) is 5. The van der Waals surface area contributed by atoms with Crippen LogP contribution in [0.15, 0.2) is 72.8 Å². The number of fused-ring (bicyclic) bond motifs is 5. The molecule has 2 bridgehead atoms. The van der Waals surface area contributed by atoms with Gasteiger partial charge in [-0.05, 0) is 47.5 Å². The van der Waals surface area contributed by atoms with Crippen LogP contribution in [-0.2, 0) is 25.2 Å². The van der Waals surface area contributed by atoms with Crippen molar-refractivity contribution in [2.45, 2.75) is 10.8 Å². The van der Waals surface area contributed by atoms with Crippen molar-refractivity contribution in [1.29, 1.82) is 0 Å². The molecule has 6 rings (SSSR count). The van der Waals surface area contributed by atoms with Crippen molar-refractivity contribution >= 4 is 17.5 Å². The van der Waals surface area contributed by atoms with Gasteiger partial charge in [0.25, 0.3) is 0 Å². The quantitative estimate of drug-likeness (QED) is 0.325. The van der Waals surface area contributed by atoms with Crippen molar-refractivity contribution in [3.05, 3.63) is 101 Å². The average Bonchev–Trinajstić information content (AvgIpc) is 3.03. The number of rotatable bonds is 2. The van der Waals surface area contributed by atoms with Crippen LogP contribution in [-0.4, -0.2) is 50.2 Å². The van der Waals surface area contributed by atoms with Crippen LogP contribution >= 0.6 is 0 Å². The first-order chi connectivity index (χ1) is 18.1. The van der Waals surface area contributed by atoms with Crippen LogP contribution in [0.2, 0.25) is 0 Å². The van der Waals surface area contributed by atoms with Crippen LogP contribution in [0, 0.1) is 5.41 Å². The summed E-state index contributed by atoms with van der Waals surface area (Å²) in [6.07, 6.45) is 5.13. The van der Waals surface area contributed by atoms with Crippen molar-refractivity contribution in [1.82, 2.24) is 0 Å². The predicted molar refractivity (Wildman–Crippen MR) is 131 cm³/mol. The number of phenols is 5. The van der Waals surface area contributed by atoms with E-state index in [1.165, 1.54) is 54.6 Å². The molecule has 190 valence electrons. The Labute approximate surface area is 215 Å². The Bertz CT molecular complexity index is 1650. The second-order valence-electron chi connectivity index (χ2n) is 9.58. The van der Waals surface area contributed by atoms with Crippen molar-refractivity contribution in [3.63, 3.8) is 0 Å². The van der Waals surface area contributed by atoms with Gasteiger partial charge in [0.2, 0.25) is 0 Å². The highest BCUT2D eigenvalue weighted by Gasteiger charge is 2.80. The molecule has 0 saturated heterocycles. The fourth-order valence-electron chi connectivity index (χ4n) is 6.84. The zero-order chi connectivity index (χ0) is 27.2. The molecule has 0 heterocycles. The largest absolute Gasteiger partial charge is 0.508 e. The van der Waals surface area contributed by atoms with E-state index in [1.54, 1.807) is 0 Å². The molecule has 0 amide bonds. The molecule has 9 nitrogen and oxygen atoms in total. The molecule has 0 aromatic heterocycles. The molecule has 3 aliphatic carbocycles. The molecule has 2 atom stereocenters. The lowest BCUT2D eigenvalue weighted by molar-refractivity contribution is -0.149. The molecule has 3 aromatic rings. The number of carbonyl (C=O) groups is 3. The van der Waals surface area contributed by atoms with Crippen LogP contribution in [0.1, 0.15) is 32.6 Å². The van der Waals surface area contributed by atoms with E-state index in [0.717, 1.165) is 25.3 Å². The number of esters is 1. The Morgan fingerprint density at radius 2 is 1.34 bits per heavy atom. The summed E-state index contributed by atoms with van der Waals surface area (Å²) in [5.41, 5.74) is -6.24. The number of benzene rings is 3. The molecule has 0 aliphatic heterocycles. The lowest BCUT2D eigenvalue weighted by atomic mass is 9.44. The van der Waals surface area contributed by atoms with Gasteiger partial charge in [-0.2, -0.15) is 0 Å². The Hall–Kier alpha value is -5.05. The van der Waals surface area contributed by atoms with E-state index in [0.29, 0.717) is 0 Å². The van der Waals surface area contributed by atoms with E-state index in [-0.39, 0.29) is 33.6 Å². The Balaban J connectivity index is 1.98. The van der Waals surface area contributed by atoms with Gasteiger partial charge in [-0.15, -0.1) is 0 Å². The van der Waals surface area contributed by atoms with Gasteiger partial charge in [0.15, 0.2) is 11.6 Å². The maximum absolute atomic E-state index is 14.8. The highest BCUT2D eigenvalue weighted by molar-refractivity contribution is 6.19. The van der Waals surface area contributed by atoms with E-state index in [2.05, 4.69) is 0 Å². The number of hydrogen-bond acceptors (Lipinski definition) is 9. The van der Waals surface area contributed by atoms with Gasteiger partial charge in [0.1, 0.15) is 39.6 Å². The van der Waals surface area contributed by atoms with E-state index >= 15 is 0 Å². The molecular formula is C29H20O9. The Morgan fingerprint density at radius 1 is 0.763 bits per heavy atom. The van der Waals surface area contributed by atoms with E-state index in [1.807, 2.05) is 0 Å². The second kappa shape index (κ2) is 7.25. The molecule has 5 N–H and O–H groups in total. The van der Waals surface area contributed by atoms with Gasteiger partial charge < -0.3 is 30.3 Å². The van der Waals surface area contributed by atoms with Crippen LogP contribution in [0.3, 0.4) is 0 Å². The summed E-state index contributed by atoms with van der Waals surface area (Å²) in [7, 11) is 1.11. The molecule has 38 heavy (non-hydrogen) atoms. The lowest BCUT2D eigenvalue weighted by Crippen LogP contribution is -2.62. The number of methoxy groups -OCH3 is 1. The molecule has 3 aromatic carbocycles. The molecule has 0 fully saturated rings. The molecule has 0 radical (unpaired) electrons. The predicted octanol–water partition coefficient (Wildman–Crippen LogP) is 2.85. The van der Waals surface area contributed by atoms with Gasteiger partial charge in [0, 0.05) is 28.8 Å². The van der Waals surface area contributed by atoms with Gasteiger partial charge >= 0.3 is 5.97 Å².